The molecule has 9 nitrogen and oxygen atoms in total. The number of aromatic hydroxyl groups is 1. The van der Waals surface area contributed by atoms with E-state index in [1.165, 1.54) is 11.9 Å². The van der Waals surface area contributed by atoms with Crippen LogP contribution in [0.15, 0.2) is 23.8 Å². The SMILES string of the molecule is Cc1cc([C@H]2C3=CC[C@@H]4C(=O)N(CCCCCC(=O)O)C(=O)[C@@H]4[C@@H]3C[C@@]3(Cl)C(=O)N(C)C(=O)[C@@]23Cl)cc(C)c1O. The van der Waals surface area contributed by atoms with Gasteiger partial charge in [-0.15, -0.1) is 23.2 Å². The second-order valence-electron chi connectivity index (χ2n) is 11.5. The van der Waals surface area contributed by atoms with Crippen molar-refractivity contribution in [3.05, 3.63) is 40.5 Å². The van der Waals surface area contributed by atoms with Crippen molar-refractivity contribution in [1.82, 2.24) is 9.80 Å². The largest absolute Gasteiger partial charge is 0.507 e. The van der Waals surface area contributed by atoms with Crippen LogP contribution in [-0.2, 0) is 24.0 Å². The van der Waals surface area contributed by atoms with Crippen molar-refractivity contribution < 1.29 is 34.2 Å². The maximum absolute atomic E-state index is 13.8. The second-order valence-corrected chi connectivity index (χ2v) is 12.8. The summed E-state index contributed by atoms with van der Waals surface area (Å²) in [4.78, 5) is 63.6. The molecular weight excluding hydrogens is 559 g/mol. The third kappa shape index (κ3) is 3.91. The van der Waals surface area contributed by atoms with Gasteiger partial charge in [0, 0.05) is 25.9 Å². The van der Waals surface area contributed by atoms with Gasteiger partial charge in [-0.05, 0) is 62.1 Å². The van der Waals surface area contributed by atoms with Gasteiger partial charge in [0.15, 0.2) is 9.75 Å². The molecule has 2 aliphatic heterocycles. The Morgan fingerprint density at radius 2 is 1.65 bits per heavy atom. The van der Waals surface area contributed by atoms with E-state index in [9.17, 15) is 29.1 Å². The number of aliphatic carboxylic acids is 1. The monoisotopic (exact) mass is 590 g/mol. The topological polar surface area (TPSA) is 132 Å². The summed E-state index contributed by atoms with van der Waals surface area (Å²) >= 11 is 14.3. The maximum atomic E-state index is 13.8. The molecule has 2 saturated heterocycles. The number of phenolic OH excluding ortho intramolecular Hbond substituents is 1. The lowest BCUT2D eigenvalue weighted by molar-refractivity contribution is -0.141. The lowest BCUT2D eigenvalue weighted by Gasteiger charge is -2.51. The zero-order chi connectivity index (χ0) is 29.3. The Hall–Kier alpha value is -2.91. The van der Waals surface area contributed by atoms with Crippen LogP contribution < -0.4 is 0 Å². The first-order valence-corrected chi connectivity index (χ1v) is 14.3. The van der Waals surface area contributed by atoms with Crippen LogP contribution in [0.5, 0.6) is 5.75 Å². The van der Waals surface area contributed by atoms with E-state index >= 15 is 0 Å². The molecule has 1 saturated carbocycles. The molecule has 1 aromatic rings. The van der Waals surface area contributed by atoms with Gasteiger partial charge in [-0.2, -0.15) is 0 Å². The number of phenols is 1. The van der Waals surface area contributed by atoms with Crippen LogP contribution in [0.4, 0.5) is 0 Å². The van der Waals surface area contributed by atoms with Crippen molar-refractivity contribution in [2.75, 3.05) is 13.6 Å². The normalized spacial score (nSPS) is 33.2. The van der Waals surface area contributed by atoms with Crippen LogP contribution in [0, 0.1) is 31.6 Å². The highest BCUT2D eigenvalue weighted by atomic mass is 35.5. The quantitative estimate of drug-likeness (QED) is 0.214. The molecule has 3 fully saturated rings. The van der Waals surface area contributed by atoms with Crippen LogP contribution in [0.25, 0.3) is 0 Å². The molecule has 2 N–H and O–H groups in total. The Morgan fingerprint density at radius 3 is 2.27 bits per heavy atom. The van der Waals surface area contributed by atoms with Crippen molar-refractivity contribution in [3.8, 4) is 5.75 Å². The second kappa shape index (κ2) is 9.87. The average Bonchev–Trinajstić information content (AvgIpc) is 3.21. The molecule has 2 aliphatic carbocycles. The highest BCUT2D eigenvalue weighted by Crippen LogP contribution is 2.65. The van der Waals surface area contributed by atoms with Gasteiger partial charge in [0.2, 0.25) is 11.8 Å². The Morgan fingerprint density at radius 1 is 1.00 bits per heavy atom. The molecular formula is C29H32Cl2N2O7. The van der Waals surface area contributed by atoms with Gasteiger partial charge >= 0.3 is 5.97 Å². The lowest BCUT2D eigenvalue weighted by atomic mass is 9.56. The molecule has 0 bridgehead atoms. The number of carbonyl (C=O) groups is 5. The summed E-state index contributed by atoms with van der Waals surface area (Å²) in [6, 6.07) is 3.45. The molecule has 0 aromatic heterocycles. The summed E-state index contributed by atoms with van der Waals surface area (Å²) in [5.41, 5.74) is 2.44. The van der Waals surface area contributed by atoms with Crippen molar-refractivity contribution in [3.63, 3.8) is 0 Å². The summed E-state index contributed by atoms with van der Waals surface area (Å²) in [5, 5.41) is 19.3. The number of amides is 4. The number of halogens is 2. The number of carboxylic acids is 1. The number of aryl methyl sites for hydroxylation is 2. The summed E-state index contributed by atoms with van der Waals surface area (Å²) in [6.07, 6.45) is 3.63. The Labute approximate surface area is 242 Å². The predicted molar refractivity (Wildman–Crippen MR) is 146 cm³/mol. The van der Waals surface area contributed by atoms with Crippen molar-refractivity contribution in [1.29, 1.82) is 0 Å². The summed E-state index contributed by atoms with van der Waals surface area (Å²) < 4.78 is 0. The number of alkyl halides is 2. The smallest absolute Gasteiger partial charge is 0.303 e. The molecule has 1 aromatic carbocycles. The highest BCUT2D eigenvalue weighted by Gasteiger charge is 2.75. The van der Waals surface area contributed by atoms with E-state index in [0.29, 0.717) is 41.5 Å². The molecule has 4 amide bonds. The van der Waals surface area contributed by atoms with E-state index in [2.05, 4.69) is 0 Å². The minimum absolute atomic E-state index is 0.0271. The van der Waals surface area contributed by atoms with Crippen LogP contribution >= 0.6 is 23.2 Å². The first kappa shape index (κ1) is 28.6. The Kier molecular flexibility index (Phi) is 7.06. The van der Waals surface area contributed by atoms with Crippen molar-refractivity contribution in [2.24, 2.45) is 17.8 Å². The first-order valence-electron chi connectivity index (χ1n) is 13.5. The van der Waals surface area contributed by atoms with E-state index in [-0.39, 0.29) is 43.4 Å². The molecule has 4 aliphatic rings. The number of carbonyl (C=O) groups excluding carboxylic acids is 4. The molecule has 0 unspecified atom stereocenters. The van der Waals surface area contributed by atoms with Crippen molar-refractivity contribution >= 4 is 52.8 Å². The molecule has 5 rings (SSSR count). The molecule has 214 valence electrons. The van der Waals surface area contributed by atoms with Gasteiger partial charge in [0.05, 0.1) is 11.8 Å². The molecule has 0 radical (unpaired) electrons. The number of allylic oxidation sites excluding steroid dienone is 2. The summed E-state index contributed by atoms with van der Waals surface area (Å²) in [5.74, 6) is -5.49. The van der Waals surface area contributed by atoms with E-state index in [0.717, 1.165) is 4.90 Å². The Bertz CT molecular complexity index is 1350. The zero-order valence-corrected chi connectivity index (χ0v) is 24.1. The van der Waals surface area contributed by atoms with Gasteiger partial charge in [-0.3, -0.25) is 33.8 Å². The van der Waals surface area contributed by atoms with Crippen molar-refractivity contribution in [2.45, 2.75) is 68.0 Å². The third-order valence-corrected chi connectivity index (χ3v) is 10.6. The summed E-state index contributed by atoms with van der Waals surface area (Å²) in [6.45, 7) is 3.65. The number of imide groups is 2. The zero-order valence-electron chi connectivity index (χ0n) is 22.6. The Balaban J connectivity index is 1.55. The van der Waals surface area contributed by atoms with E-state index in [4.69, 9.17) is 28.3 Å². The number of unbranched alkanes of at least 4 members (excludes halogenated alkanes) is 2. The number of fused-ring (bicyclic) bond motifs is 4. The number of carboxylic acid groups (broad SMARTS) is 1. The highest BCUT2D eigenvalue weighted by molar-refractivity contribution is 6.53. The van der Waals surface area contributed by atoms with Gasteiger partial charge in [-0.25, -0.2) is 0 Å². The molecule has 11 heteroatoms. The number of likely N-dealkylation sites (tertiary alicyclic amines) is 2. The average molecular weight is 591 g/mol. The third-order valence-electron chi connectivity index (χ3n) is 9.22. The number of hydrogen-bond acceptors (Lipinski definition) is 6. The van der Waals surface area contributed by atoms with E-state index < -0.39 is 51.2 Å². The maximum Gasteiger partial charge on any atom is 0.303 e. The molecule has 0 spiro atoms. The van der Waals surface area contributed by atoms with Gasteiger partial charge in [0.25, 0.3) is 11.8 Å². The lowest BCUT2D eigenvalue weighted by Crippen LogP contribution is -2.60. The fraction of sp³-hybridized carbons (Fsp3) is 0.552. The molecule has 6 atom stereocenters. The van der Waals surface area contributed by atoms with Crippen LogP contribution in [0.3, 0.4) is 0 Å². The van der Waals surface area contributed by atoms with Gasteiger partial charge < -0.3 is 10.2 Å². The number of hydrogen-bond donors (Lipinski definition) is 2. The first-order chi connectivity index (χ1) is 18.8. The number of benzene rings is 1. The minimum Gasteiger partial charge on any atom is -0.507 e. The molecule has 2 heterocycles. The van der Waals surface area contributed by atoms with E-state index in [1.54, 1.807) is 26.0 Å². The fourth-order valence-electron chi connectivity index (χ4n) is 7.28. The van der Waals surface area contributed by atoms with E-state index in [1.807, 2.05) is 6.08 Å². The molecule has 40 heavy (non-hydrogen) atoms. The van der Waals surface area contributed by atoms with Crippen LogP contribution in [-0.4, -0.2) is 73.0 Å². The predicted octanol–water partition coefficient (Wildman–Crippen LogP) is 3.64. The number of rotatable bonds is 7. The van der Waals surface area contributed by atoms with Crippen LogP contribution in [0.2, 0.25) is 0 Å². The number of nitrogens with zero attached hydrogens (tertiary/aromatic N) is 2. The fourth-order valence-corrected chi connectivity index (χ4v) is 8.30. The van der Waals surface area contributed by atoms with Crippen LogP contribution in [0.1, 0.15) is 61.1 Å². The summed E-state index contributed by atoms with van der Waals surface area (Å²) in [7, 11) is 1.35. The van der Waals surface area contributed by atoms with Gasteiger partial charge in [-0.1, -0.05) is 30.2 Å². The standard InChI is InChI=1S/C29H32Cl2N2O7/c1-14-11-16(12-15(2)23(14)36)22-17-8-9-18-21(25(38)33(24(18)37)10-6-4-5-7-20(34)35)19(17)13-28(30)26(39)32(3)27(40)29(22,28)31/h8,11-12,18-19,21-22,36H,4-7,9-10,13H2,1-3H3,(H,34,35)/t18-,19+,21-,22-,28+,29-/m0/s1. The minimum atomic E-state index is -1.86. The van der Waals surface area contributed by atoms with Gasteiger partial charge in [0.1, 0.15) is 5.75 Å².